The first-order valence-electron chi connectivity index (χ1n) is 4.32. The van der Waals surface area contributed by atoms with Crippen molar-refractivity contribution in [3.05, 3.63) is 35.4 Å². The Bertz CT molecular complexity index is 396. The van der Waals surface area contributed by atoms with Gasteiger partial charge in [0.1, 0.15) is 0 Å². The normalized spacial score (nSPS) is 16.4. The van der Waals surface area contributed by atoms with Crippen molar-refractivity contribution < 1.29 is 13.9 Å². The van der Waals surface area contributed by atoms with Gasteiger partial charge in [0, 0.05) is 5.25 Å². The molecule has 1 aromatic carbocycles. The van der Waals surface area contributed by atoms with E-state index in [9.17, 15) is 13.9 Å². The third kappa shape index (κ3) is 2.86. The highest BCUT2D eigenvalue weighted by Crippen LogP contribution is 2.19. The molecular formula is C10H10NO3S-. The van der Waals surface area contributed by atoms with Gasteiger partial charge < -0.3 is 9.66 Å². The first-order valence-corrected chi connectivity index (χ1v) is 5.46. The summed E-state index contributed by atoms with van der Waals surface area (Å²) in [5, 5.41) is 17.3. The summed E-state index contributed by atoms with van der Waals surface area (Å²) >= 11 is -2.31. The zero-order valence-corrected chi connectivity index (χ0v) is 8.90. The number of benzene rings is 1. The molecule has 0 fully saturated rings. The van der Waals surface area contributed by atoms with Crippen LogP contribution in [0.3, 0.4) is 0 Å². The van der Waals surface area contributed by atoms with Gasteiger partial charge in [0.05, 0.1) is 17.7 Å². The molecule has 15 heavy (non-hydrogen) atoms. The Morgan fingerprint density at radius 1 is 1.47 bits per heavy atom. The Balaban J connectivity index is 2.88. The highest BCUT2D eigenvalue weighted by atomic mass is 32.2. The lowest BCUT2D eigenvalue weighted by atomic mass is 10.1. The van der Waals surface area contributed by atoms with Crippen molar-refractivity contribution in [2.75, 3.05) is 0 Å². The lowest BCUT2D eigenvalue weighted by molar-refractivity contribution is 0.175. The first-order chi connectivity index (χ1) is 7.06. The third-order valence-corrected chi connectivity index (χ3v) is 2.99. The monoisotopic (exact) mass is 224 g/mol. The molecule has 0 aliphatic rings. The molecule has 0 bridgehead atoms. The summed E-state index contributed by atoms with van der Waals surface area (Å²) in [6.07, 6.45) is -1.06. The molecule has 80 valence electrons. The molecule has 0 aliphatic heterocycles. The van der Waals surface area contributed by atoms with Crippen LogP contribution < -0.4 is 0 Å². The van der Waals surface area contributed by atoms with Crippen LogP contribution in [0, 0.1) is 11.3 Å². The van der Waals surface area contributed by atoms with E-state index in [2.05, 4.69) is 0 Å². The van der Waals surface area contributed by atoms with E-state index in [0.29, 0.717) is 11.1 Å². The van der Waals surface area contributed by atoms with Crippen LogP contribution in [0.2, 0.25) is 0 Å². The maximum atomic E-state index is 10.6. The zero-order chi connectivity index (χ0) is 11.4. The molecule has 5 heteroatoms. The molecule has 1 rings (SSSR count). The zero-order valence-electron chi connectivity index (χ0n) is 8.08. The standard InChI is InChI=1S/C10H11NO3S/c1-7(15(13)14)10(12)9-4-2-8(6-11)3-5-9/h2-5,7,10,12H,1H3,(H,13,14)/p-1/t7-,10+/m0/s1. The van der Waals surface area contributed by atoms with E-state index in [1.54, 1.807) is 24.3 Å². The van der Waals surface area contributed by atoms with Crippen molar-refractivity contribution in [3.8, 4) is 6.07 Å². The number of nitriles is 1. The third-order valence-electron chi connectivity index (χ3n) is 2.13. The summed E-state index contributed by atoms with van der Waals surface area (Å²) in [5.41, 5.74) is 0.965. The number of nitrogens with zero attached hydrogens (tertiary/aromatic N) is 1. The largest absolute Gasteiger partial charge is 0.772 e. The number of hydrogen-bond donors (Lipinski definition) is 1. The maximum absolute atomic E-state index is 10.6. The second-order valence-electron chi connectivity index (χ2n) is 3.14. The van der Waals surface area contributed by atoms with Crippen molar-refractivity contribution in [3.63, 3.8) is 0 Å². The second-order valence-corrected chi connectivity index (χ2v) is 4.41. The number of rotatable bonds is 3. The molecule has 1 aromatic rings. The van der Waals surface area contributed by atoms with E-state index in [1.165, 1.54) is 6.92 Å². The molecule has 0 heterocycles. The Hall–Kier alpha value is -1.22. The van der Waals surface area contributed by atoms with Crippen molar-refractivity contribution in [1.29, 1.82) is 5.26 Å². The van der Waals surface area contributed by atoms with Gasteiger partial charge in [-0.15, -0.1) is 0 Å². The van der Waals surface area contributed by atoms with Crippen LogP contribution in [0.15, 0.2) is 24.3 Å². The molecule has 0 saturated heterocycles. The number of aliphatic hydroxyl groups is 1. The maximum Gasteiger partial charge on any atom is 0.0991 e. The molecule has 1 unspecified atom stereocenters. The molecule has 3 atom stereocenters. The first kappa shape index (κ1) is 11.9. The smallest absolute Gasteiger partial charge is 0.0991 e. The van der Waals surface area contributed by atoms with Crippen LogP contribution in [-0.4, -0.2) is 19.1 Å². The fourth-order valence-corrected chi connectivity index (χ4v) is 1.50. The van der Waals surface area contributed by atoms with E-state index < -0.39 is 22.4 Å². The minimum Gasteiger partial charge on any atom is -0.772 e. The van der Waals surface area contributed by atoms with Crippen LogP contribution in [0.25, 0.3) is 0 Å². The lowest BCUT2D eigenvalue weighted by Gasteiger charge is -2.21. The van der Waals surface area contributed by atoms with Gasteiger partial charge in [0.15, 0.2) is 0 Å². The quantitative estimate of drug-likeness (QED) is 0.772. The highest BCUT2D eigenvalue weighted by molar-refractivity contribution is 7.79. The molecule has 0 spiro atoms. The molecule has 1 N–H and O–H groups in total. The fraction of sp³-hybridized carbons (Fsp3) is 0.300. The summed E-state index contributed by atoms with van der Waals surface area (Å²) in [6.45, 7) is 1.42. The predicted molar refractivity (Wildman–Crippen MR) is 54.5 cm³/mol. The molecule has 0 aliphatic carbocycles. The fourth-order valence-electron chi connectivity index (χ4n) is 1.13. The van der Waals surface area contributed by atoms with Crippen LogP contribution in [0.4, 0.5) is 0 Å². The minimum absolute atomic E-state index is 0.474. The Morgan fingerprint density at radius 3 is 2.40 bits per heavy atom. The van der Waals surface area contributed by atoms with Crippen molar-refractivity contribution in [2.24, 2.45) is 0 Å². The van der Waals surface area contributed by atoms with E-state index >= 15 is 0 Å². The van der Waals surface area contributed by atoms with Gasteiger partial charge in [0.25, 0.3) is 0 Å². The Morgan fingerprint density at radius 2 is 2.00 bits per heavy atom. The van der Waals surface area contributed by atoms with Crippen molar-refractivity contribution in [2.45, 2.75) is 18.3 Å². The summed E-state index contributed by atoms with van der Waals surface area (Å²) in [7, 11) is 0. The lowest BCUT2D eigenvalue weighted by Crippen LogP contribution is -2.20. The van der Waals surface area contributed by atoms with Crippen molar-refractivity contribution in [1.82, 2.24) is 0 Å². The molecule has 0 aromatic heterocycles. The average Bonchev–Trinajstić information content (AvgIpc) is 2.27. The summed E-state index contributed by atoms with van der Waals surface area (Å²) in [5.74, 6) is 0. The second kappa shape index (κ2) is 5.03. The van der Waals surface area contributed by atoms with Gasteiger partial charge in [-0.3, -0.25) is 4.21 Å². The van der Waals surface area contributed by atoms with Crippen LogP contribution in [0.5, 0.6) is 0 Å². The Labute approximate surface area is 90.5 Å². The summed E-state index contributed by atoms with van der Waals surface area (Å²) in [6, 6.07) is 8.12. The Kier molecular flexibility index (Phi) is 3.97. The van der Waals surface area contributed by atoms with Gasteiger partial charge >= 0.3 is 0 Å². The van der Waals surface area contributed by atoms with E-state index in [0.717, 1.165) is 0 Å². The van der Waals surface area contributed by atoms with E-state index in [4.69, 9.17) is 5.26 Å². The molecule has 0 saturated carbocycles. The topological polar surface area (TPSA) is 84.1 Å². The summed E-state index contributed by atoms with van der Waals surface area (Å²) in [4.78, 5) is 0. The summed E-state index contributed by atoms with van der Waals surface area (Å²) < 4.78 is 21.2. The van der Waals surface area contributed by atoms with Crippen LogP contribution in [-0.2, 0) is 11.1 Å². The highest BCUT2D eigenvalue weighted by Gasteiger charge is 2.16. The minimum atomic E-state index is -2.31. The van der Waals surface area contributed by atoms with Crippen molar-refractivity contribution >= 4 is 11.1 Å². The van der Waals surface area contributed by atoms with Gasteiger partial charge in [-0.2, -0.15) is 5.26 Å². The molecule has 0 amide bonds. The van der Waals surface area contributed by atoms with E-state index in [1.807, 2.05) is 6.07 Å². The van der Waals surface area contributed by atoms with Gasteiger partial charge in [-0.05, 0) is 35.7 Å². The SMILES string of the molecule is C[C@@H]([C@@H](O)c1ccc(C#N)cc1)S(=O)[O-]. The molecule has 4 nitrogen and oxygen atoms in total. The number of hydrogen-bond acceptors (Lipinski definition) is 4. The van der Waals surface area contributed by atoms with E-state index in [-0.39, 0.29) is 0 Å². The predicted octanol–water partition coefficient (Wildman–Crippen LogP) is 0.859. The van der Waals surface area contributed by atoms with Gasteiger partial charge in [-0.1, -0.05) is 12.1 Å². The molecular weight excluding hydrogens is 214 g/mol. The van der Waals surface area contributed by atoms with Crippen LogP contribution in [0.1, 0.15) is 24.2 Å². The average molecular weight is 224 g/mol. The van der Waals surface area contributed by atoms with Crippen LogP contribution >= 0.6 is 0 Å². The molecule has 0 radical (unpaired) electrons. The van der Waals surface area contributed by atoms with Gasteiger partial charge in [0.2, 0.25) is 0 Å². The number of aliphatic hydroxyl groups excluding tert-OH is 1. The van der Waals surface area contributed by atoms with Gasteiger partial charge in [-0.25, -0.2) is 0 Å².